The van der Waals surface area contributed by atoms with E-state index in [9.17, 15) is 0 Å². The molecule has 1 rings (SSSR count). The van der Waals surface area contributed by atoms with Gasteiger partial charge in [0.05, 0.1) is 19.3 Å². The second kappa shape index (κ2) is 4.44. The first-order valence-corrected chi connectivity index (χ1v) is 4.52. The third-order valence-electron chi connectivity index (χ3n) is 2.19. The van der Waals surface area contributed by atoms with E-state index in [0.717, 1.165) is 11.3 Å². The van der Waals surface area contributed by atoms with Gasteiger partial charge in [0.15, 0.2) is 0 Å². The molecule has 0 heterocycles. The van der Waals surface area contributed by atoms with Gasteiger partial charge in [-0.15, -0.1) is 0 Å². The zero-order valence-electron chi connectivity index (χ0n) is 8.91. The molecule has 0 fully saturated rings. The zero-order valence-corrected chi connectivity index (χ0v) is 8.91. The van der Waals surface area contributed by atoms with Crippen molar-refractivity contribution < 1.29 is 9.47 Å². The van der Waals surface area contributed by atoms with Crippen LogP contribution in [0.5, 0.6) is 5.75 Å². The summed E-state index contributed by atoms with van der Waals surface area (Å²) in [6.07, 6.45) is 0. The molecular weight excluding hydrogens is 178 g/mol. The summed E-state index contributed by atoms with van der Waals surface area (Å²) in [7, 11) is 3.29. The second-order valence-electron chi connectivity index (χ2n) is 3.58. The fraction of sp³-hybridized carbons (Fsp3) is 0.455. The van der Waals surface area contributed by atoms with Crippen LogP contribution in [0.25, 0.3) is 0 Å². The van der Waals surface area contributed by atoms with Crippen molar-refractivity contribution in [1.29, 1.82) is 0 Å². The van der Waals surface area contributed by atoms with Crippen LogP contribution in [0.15, 0.2) is 24.3 Å². The number of hydrogen-bond acceptors (Lipinski definition) is 3. The number of nitrogens with two attached hydrogens (primary N) is 1. The molecule has 2 N–H and O–H groups in total. The molecule has 14 heavy (non-hydrogen) atoms. The van der Waals surface area contributed by atoms with Gasteiger partial charge in [0.25, 0.3) is 0 Å². The van der Waals surface area contributed by atoms with E-state index in [4.69, 9.17) is 15.2 Å². The van der Waals surface area contributed by atoms with Crippen LogP contribution < -0.4 is 10.5 Å². The van der Waals surface area contributed by atoms with E-state index in [-0.39, 0.29) is 0 Å². The van der Waals surface area contributed by atoms with Crippen molar-refractivity contribution in [3.63, 3.8) is 0 Å². The quantitative estimate of drug-likeness (QED) is 0.792. The average molecular weight is 195 g/mol. The van der Waals surface area contributed by atoms with Gasteiger partial charge in [-0.3, -0.25) is 0 Å². The highest BCUT2D eigenvalue weighted by Crippen LogP contribution is 2.20. The summed E-state index contributed by atoms with van der Waals surface area (Å²) in [5, 5.41) is 0. The van der Waals surface area contributed by atoms with Gasteiger partial charge in [-0.1, -0.05) is 12.1 Å². The Labute approximate surface area is 84.8 Å². The number of hydrogen-bond donors (Lipinski definition) is 1. The highest BCUT2D eigenvalue weighted by molar-refractivity contribution is 5.31. The number of ether oxygens (including phenoxy) is 2. The molecule has 0 radical (unpaired) electrons. The lowest BCUT2D eigenvalue weighted by molar-refractivity contribution is 0.141. The van der Waals surface area contributed by atoms with Gasteiger partial charge in [0.1, 0.15) is 5.75 Å². The summed E-state index contributed by atoms with van der Waals surface area (Å²) >= 11 is 0. The summed E-state index contributed by atoms with van der Waals surface area (Å²) in [4.78, 5) is 0. The molecule has 0 aliphatic rings. The van der Waals surface area contributed by atoms with Gasteiger partial charge in [-0.2, -0.15) is 0 Å². The Bertz CT molecular complexity index is 280. The first-order chi connectivity index (χ1) is 6.60. The van der Waals surface area contributed by atoms with Crippen LogP contribution in [0.2, 0.25) is 0 Å². The van der Waals surface area contributed by atoms with Crippen molar-refractivity contribution in [2.24, 2.45) is 5.73 Å². The maximum atomic E-state index is 6.07. The van der Waals surface area contributed by atoms with Crippen LogP contribution in [0, 0.1) is 0 Å². The van der Waals surface area contributed by atoms with Crippen LogP contribution in [-0.2, 0) is 10.3 Å². The maximum absolute atomic E-state index is 6.07. The molecule has 0 saturated heterocycles. The van der Waals surface area contributed by atoms with Gasteiger partial charge >= 0.3 is 0 Å². The van der Waals surface area contributed by atoms with Crippen molar-refractivity contribution >= 4 is 0 Å². The minimum Gasteiger partial charge on any atom is -0.497 e. The zero-order chi connectivity index (χ0) is 10.6. The van der Waals surface area contributed by atoms with E-state index < -0.39 is 5.54 Å². The fourth-order valence-corrected chi connectivity index (χ4v) is 1.35. The van der Waals surface area contributed by atoms with Crippen molar-refractivity contribution in [2.75, 3.05) is 20.8 Å². The van der Waals surface area contributed by atoms with Crippen LogP contribution >= 0.6 is 0 Å². The average Bonchev–Trinajstić information content (AvgIpc) is 2.18. The van der Waals surface area contributed by atoms with Crippen molar-refractivity contribution in [2.45, 2.75) is 12.5 Å². The smallest absolute Gasteiger partial charge is 0.118 e. The van der Waals surface area contributed by atoms with E-state index in [1.807, 2.05) is 31.2 Å². The molecule has 1 unspecified atom stereocenters. The fourth-order valence-electron chi connectivity index (χ4n) is 1.35. The third-order valence-corrected chi connectivity index (χ3v) is 2.19. The molecule has 0 amide bonds. The predicted molar refractivity (Wildman–Crippen MR) is 56.4 cm³/mol. The van der Waals surface area contributed by atoms with Crippen LogP contribution in [0.3, 0.4) is 0 Å². The Balaban J connectivity index is 2.85. The molecule has 1 atom stereocenters. The Morgan fingerprint density at radius 2 is 1.79 bits per heavy atom. The molecule has 78 valence electrons. The molecule has 3 heteroatoms. The monoisotopic (exact) mass is 195 g/mol. The number of benzene rings is 1. The Kier molecular flexibility index (Phi) is 3.49. The first-order valence-electron chi connectivity index (χ1n) is 4.52. The molecule has 1 aromatic rings. The maximum Gasteiger partial charge on any atom is 0.118 e. The molecule has 3 nitrogen and oxygen atoms in total. The van der Waals surface area contributed by atoms with Crippen molar-refractivity contribution in [3.05, 3.63) is 29.8 Å². The molecule has 0 saturated carbocycles. The van der Waals surface area contributed by atoms with Crippen LogP contribution in [-0.4, -0.2) is 20.8 Å². The van der Waals surface area contributed by atoms with Crippen LogP contribution in [0.4, 0.5) is 0 Å². The molecule has 0 aromatic heterocycles. The van der Waals surface area contributed by atoms with Gasteiger partial charge < -0.3 is 15.2 Å². The van der Waals surface area contributed by atoms with Gasteiger partial charge in [0, 0.05) is 7.11 Å². The molecular formula is C11H17NO2. The summed E-state index contributed by atoms with van der Waals surface area (Å²) in [6, 6.07) is 7.71. The highest BCUT2D eigenvalue weighted by Gasteiger charge is 2.20. The largest absolute Gasteiger partial charge is 0.497 e. The Morgan fingerprint density at radius 1 is 1.21 bits per heavy atom. The molecule has 1 aromatic carbocycles. The topological polar surface area (TPSA) is 44.5 Å². The SMILES string of the molecule is COCC(C)(N)c1ccc(OC)cc1. The van der Waals surface area contributed by atoms with E-state index in [0.29, 0.717) is 6.61 Å². The second-order valence-corrected chi connectivity index (χ2v) is 3.58. The standard InChI is InChI=1S/C11H17NO2/c1-11(12,8-13-2)9-4-6-10(14-3)7-5-9/h4-7H,8,12H2,1-3H3. The van der Waals surface area contributed by atoms with E-state index >= 15 is 0 Å². The summed E-state index contributed by atoms with van der Waals surface area (Å²) in [5.41, 5.74) is 6.67. The van der Waals surface area contributed by atoms with Crippen molar-refractivity contribution in [1.82, 2.24) is 0 Å². The number of methoxy groups -OCH3 is 2. The Morgan fingerprint density at radius 3 is 2.21 bits per heavy atom. The van der Waals surface area contributed by atoms with E-state index in [1.165, 1.54) is 0 Å². The lowest BCUT2D eigenvalue weighted by atomic mass is 9.94. The third kappa shape index (κ3) is 2.47. The van der Waals surface area contributed by atoms with Gasteiger partial charge in [-0.25, -0.2) is 0 Å². The minimum absolute atomic E-state index is 0.443. The lowest BCUT2D eigenvalue weighted by Crippen LogP contribution is -2.37. The van der Waals surface area contributed by atoms with E-state index in [1.54, 1.807) is 14.2 Å². The van der Waals surface area contributed by atoms with Crippen molar-refractivity contribution in [3.8, 4) is 5.75 Å². The molecule has 0 aliphatic carbocycles. The highest BCUT2D eigenvalue weighted by atomic mass is 16.5. The van der Waals surface area contributed by atoms with Gasteiger partial charge in [-0.05, 0) is 24.6 Å². The lowest BCUT2D eigenvalue weighted by Gasteiger charge is -2.24. The normalized spacial score (nSPS) is 14.9. The Hall–Kier alpha value is -1.06. The summed E-state index contributed by atoms with van der Waals surface area (Å²) in [5.74, 6) is 0.835. The number of rotatable bonds is 4. The predicted octanol–water partition coefficient (Wildman–Crippen LogP) is 1.52. The molecule has 0 aliphatic heterocycles. The minimum atomic E-state index is -0.443. The first kappa shape index (κ1) is 11.0. The summed E-state index contributed by atoms with van der Waals surface area (Å²) < 4.78 is 10.1. The summed E-state index contributed by atoms with van der Waals surface area (Å²) in [6.45, 7) is 2.44. The molecule has 0 bridgehead atoms. The van der Waals surface area contributed by atoms with Crippen LogP contribution in [0.1, 0.15) is 12.5 Å². The van der Waals surface area contributed by atoms with E-state index in [2.05, 4.69) is 0 Å². The van der Waals surface area contributed by atoms with Gasteiger partial charge in [0.2, 0.25) is 0 Å². The molecule has 0 spiro atoms.